The molecule has 0 atom stereocenters. The molecule has 0 aliphatic carbocycles. The van der Waals surface area contributed by atoms with Crippen LogP contribution >= 0.6 is 0 Å². The van der Waals surface area contributed by atoms with Gasteiger partial charge in [0.05, 0.1) is 19.6 Å². The Morgan fingerprint density at radius 3 is 2.81 bits per heavy atom. The summed E-state index contributed by atoms with van der Waals surface area (Å²) in [6, 6.07) is 3.47. The molecule has 90 valence electrons. The molecular weight excluding hydrogens is 221 g/mol. The van der Waals surface area contributed by atoms with Gasteiger partial charge in [0.2, 0.25) is 0 Å². The lowest BCUT2D eigenvalue weighted by molar-refractivity contribution is -0.146. The van der Waals surface area contributed by atoms with E-state index in [1.807, 2.05) is 0 Å². The van der Waals surface area contributed by atoms with Gasteiger partial charge >= 0.3 is 6.18 Å². The van der Waals surface area contributed by atoms with E-state index in [1.54, 1.807) is 25.4 Å². The van der Waals surface area contributed by atoms with E-state index in [1.165, 1.54) is 0 Å². The highest BCUT2D eigenvalue weighted by Crippen LogP contribution is 2.19. The smallest absolute Gasteiger partial charge is 0.376 e. The highest BCUT2D eigenvalue weighted by molar-refractivity contribution is 5.42. The maximum Gasteiger partial charge on any atom is 0.391 e. The number of hydrogen-bond acceptors (Lipinski definition) is 3. The molecule has 1 N–H and O–H groups in total. The van der Waals surface area contributed by atoms with Crippen LogP contribution in [0.25, 0.3) is 0 Å². The van der Waals surface area contributed by atoms with Crippen LogP contribution in [0.4, 0.5) is 19.0 Å². The first-order valence-corrected chi connectivity index (χ1v) is 4.79. The Labute approximate surface area is 91.6 Å². The van der Waals surface area contributed by atoms with Crippen LogP contribution in [0.15, 0.2) is 18.3 Å². The van der Waals surface area contributed by atoms with Gasteiger partial charge in [-0.2, -0.15) is 13.2 Å². The Hall–Kier alpha value is -1.30. The minimum atomic E-state index is -4.17. The highest BCUT2D eigenvalue weighted by atomic mass is 19.4. The molecule has 0 aromatic carbocycles. The SMILES string of the molecule is CNc1ncccc1COCCC(F)(F)F. The average Bonchev–Trinajstić information content (AvgIpc) is 2.23. The van der Waals surface area contributed by atoms with E-state index < -0.39 is 12.6 Å². The number of rotatable bonds is 5. The van der Waals surface area contributed by atoms with Gasteiger partial charge in [-0.15, -0.1) is 0 Å². The molecule has 0 unspecified atom stereocenters. The summed E-state index contributed by atoms with van der Waals surface area (Å²) in [6.07, 6.45) is -3.49. The molecule has 3 nitrogen and oxygen atoms in total. The number of nitrogens with zero attached hydrogens (tertiary/aromatic N) is 1. The summed E-state index contributed by atoms with van der Waals surface area (Å²) in [5.41, 5.74) is 0.743. The molecule has 0 saturated carbocycles. The second-order valence-electron chi connectivity index (χ2n) is 3.18. The molecule has 0 spiro atoms. The van der Waals surface area contributed by atoms with E-state index in [0.717, 1.165) is 5.56 Å². The van der Waals surface area contributed by atoms with Gasteiger partial charge in [-0.05, 0) is 6.07 Å². The zero-order valence-electron chi connectivity index (χ0n) is 8.84. The normalized spacial score (nSPS) is 11.5. The molecular formula is C10H13F3N2O. The Morgan fingerprint density at radius 2 is 2.19 bits per heavy atom. The first-order valence-electron chi connectivity index (χ1n) is 4.79. The van der Waals surface area contributed by atoms with Gasteiger partial charge in [-0.1, -0.05) is 6.07 Å². The van der Waals surface area contributed by atoms with Crippen molar-refractivity contribution < 1.29 is 17.9 Å². The van der Waals surface area contributed by atoms with E-state index in [4.69, 9.17) is 4.74 Å². The van der Waals surface area contributed by atoms with Crippen molar-refractivity contribution in [1.82, 2.24) is 4.98 Å². The van der Waals surface area contributed by atoms with E-state index in [-0.39, 0.29) is 13.2 Å². The molecule has 1 aromatic rings. The molecule has 1 rings (SSSR count). The molecule has 0 amide bonds. The van der Waals surface area contributed by atoms with Crippen molar-refractivity contribution in [2.24, 2.45) is 0 Å². The number of halogens is 3. The zero-order chi connectivity index (χ0) is 12.0. The van der Waals surface area contributed by atoms with Crippen LogP contribution in [-0.2, 0) is 11.3 Å². The summed E-state index contributed by atoms with van der Waals surface area (Å²) in [4.78, 5) is 4.01. The van der Waals surface area contributed by atoms with Gasteiger partial charge in [-0.25, -0.2) is 4.98 Å². The lowest BCUT2D eigenvalue weighted by Gasteiger charge is -2.09. The van der Waals surface area contributed by atoms with Crippen LogP contribution < -0.4 is 5.32 Å². The molecule has 0 saturated heterocycles. The molecule has 1 aromatic heterocycles. The predicted molar refractivity (Wildman–Crippen MR) is 54.1 cm³/mol. The molecule has 0 fully saturated rings. The molecule has 0 aliphatic heterocycles. The Morgan fingerprint density at radius 1 is 1.44 bits per heavy atom. The first-order chi connectivity index (χ1) is 7.53. The summed E-state index contributed by atoms with van der Waals surface area (Å²) >= 11 is 0. The fraction of sp³-hybridized carbons (Fsp3) is 0.500. The van der Waals surface area contributed by atoms with E-state index in [9.17, 15) is 13.2 Å². The van der Waals surface area contributed by atoms with Crippen molar-refractivity contribution in [3.05, 3.63) is 23.9 Å². The fourth-order valence-corrected chi connectivity index (χ4v) is 1.15. The molecule has 1 heterocycles. The minimum absolute atomic E-state index is 0.125. The van der Waals surface area contributed by atoms with Crippen LogP contribution in [0.3, 0.4) is 0 Å². The molecule has 0 aliphatic rings. The second-order valence-corrected chi connectivity index (χ2v) is 3.18. The average molecular weight is 234 g/mol. The monoisotopic (exact) mass is 234 g/mol. The summed E-state index contributed by atoms with van der Waals surface area (Å²) in [7, 11) is 1.70. The summed E-state index contributed by atoms with van der Waals surface area (Å²) in [5.74, 6) is 0.620. The number of anilines is 1. The molecule has 0 bridgehead atoms. The summed E-state index contributed by atoms with van der Waals surface area (Å²) in [6.45, 7) is -0.207. The van der Waals surface area contributed by atoms with E-state index >= 15 is 0 Å². The van der Waals surface area contributed by atoms with Crippen molar-refractivity contribution >= 4 is 5.82 Å². The number of ether oxygens (including phenoxy) is 1. The van der Waals surface area contributed by atoms with E-state index in [0.29, 0.717) is 5.82 Å². The summed E-state index contributed by atoms with van der Waals surface area (Å²) < 4.78 is 40.4. The quantitative estimate of drug-likeness (QED) is 0.795. The topological polar surface area (TPSA) is 34.2 Å². The second kappa shape index (κ2) is 5.69. The first kappa shape index (κ1) is 12.8. The van der Waals surface area contributed by atoms with Crippen LogP contribution in [0.1, 0.15) is 12.0 Å². The number of nitrogens with one attached hydrogen (secondary N) is 1. The maximum atomic E-state index is 11.8. The lowest BCUT2D eigenvalue weighted by Crippen LogP contribution is -2.11. The van der Waals surface area contributed by atoms with Crippen molar-refractivity contribution in [2.45, 2.75) is 19.2 Å². The standard InChI is InChI=1S/C10H13F3N2O/c1-14-9-8(3-2-5-15-9)7-16-6-4-10(11,12)13/h2-3,5H,4,6-7H2,1H3,(H,14,15). The van der Waals surface area contributed by atoms with Gasteiger partial charge in [-0.3, -0.25) is 0 Å². The molecule has 16 heavy (non-hydrogen) atoms. The fourth-order valence-electron chi connectivity index (χ4n) is 1.15. The largest absolute Gasteiger partial charge is 0.391 e. The third kappa shape index (κ3) is 4.48. The van der Waals surface area contributed by atoms with Gasteiger partial charge in [0.1, 0.15) is 5.82 Å². The third-order valence-corrected chi connectivity index (χ3v) is 1.92. The van der Waals surface area contributed by atoms with Crippen molar-refractivity contribution in [3.8, 4) is 0 Å². The van der Waals surface area contributed by atoms with E-state index in [2.05, 4.69) is 10.3 Å². The van der Waals surface area contributed by atoms with Gasteiger partial charge in [0.25, 0.3) is 0 Å². The minimum Gasteiger partial charge on any atom is -0.376 e. The Bertz CT molecular complexity index is 328. The van der Waals surface area contributed by atoms with Crippen molar-refractivity contribution in [2.75, 3.05) is 19.0 Å². The maximum absolute atomic E-state index is 11.8. The summed E-state index contributed by atoms with van der Waals surface area (Å²) in [5, 5.41) is 2.84. The third-order valence-electron chi connectivity index (χ3n) is 1.92. The van der Waals surface area contributed by atoms with Crippen LogP contribution in [0.5, 0.6) is 0 Å². The number of hydrogen-bond donors (Lipinski definition) is 1. The Balaban J connectivity index is 2.37. The van der Waals surface area contributed by atoms with Gasteiger partial charge in [0.15, 0.2) is 0 Å². The van der Waals surface area contributed by atoms with Gasteiger partial charge in [0, 0.05) is 18.8 Å². The predicted octanol–water partition coefficient (Wildman–Crippen LogP) is 2.59. The molecule has 0 radical (unpaired) electrons. The van der Waals surface area contributed by atoms with Crippen LogP contribution in [-0.4, -0.2) is 24.8 Å². The molecule has 6 heteroatoms. The Kier molecular flexibility index (Phi) is 4.54. The van der Waals surface area contributed by atoms with Crippen LogP contribution in [0, 0.1) is 0 Å². The van der Waals surface area contributed by atoms with Crippen LogP contribution in [0.2, 0.25) is 0 Å². The van der Waals surface area contributed by atoms with Gasteiger partial charge < -0.3 is 10.1 Å². The number of pyridine rings is 1. The number of alkyl halides is 3. The zero-order valence-corrected chi connectivity index (χ0v) is 8.84. The van der Waals surface area contributed by atoms with Crippen molar-refractivity contribution in [1.29, 1.82) is 0 Å². The highest BCUT2D eigenvalue weighted by Gasteiger charge is 2.26. The van der Waals surface area contributed by atoms with Crippen molar-refractivity contribution in [3.63, 3.8) is 0 Å². The number of aromatic nitrogens is 1. The lowest BCUT2D eigenvalue weighted by atomic mass is 10.3.